The van der Waals surface area contributed by atoms with Crippen molar-refractivity contribution in [3.8, 4) is 0 Å². The molecule has 1 aromatic carbocycles. The van der Waals surface area contributed by atoms with Crippen LogP contribution in [0.4, 0.5) is 4.39 Å². The van der Waals surface area contributed by atoms with E-state index in [2.05, 4.69) is 0 Å². The van der Waals surface area contributed by atoms with E-state index in [1.165, 1.54) is 32.0 Å². The van der Waals surface area contributed by atoms with Crippen molar-refractivity contribution in [1.29, 1.82) is 0 Å². The van der Waals surface area contributed by atoms with Gasteiger partial charge in [-0.15, -0.1) is 0 Å². The van der Waals surface area contributed by atoms with Crippen LogP contribution in [0.25, 0.3) is 0 Å². The Hall–Kier alpha value is -2.17. The van der Waals surface area contributed by atoms with E-state index < -0.39 is 11.6 Å². The lowest BCUT2D eigenvalue weighted by molar-refractivity contribution is -0.122. The first-order valence-corrected chi connectivity index (χ1v) is 9.29. The van der Waals surface area contributed by atoms with Crippen molar-refractivity contribution in [2.75, 3.05) is 0 Å². The highest BCUT2D eigenvalue weighted by molar-refractivity contribution is 6.07. The zero-order valence-corrected chi connectivity index (χ0v) is 17.8. The number of carbonyl (C=O) groups excluding carboxylic acids is 4. The molecule has 0 spiro atoms. The van der Waals surface area contributed by atoms with Crippen molar-refractivity contribution in [3.63, 3.8) is 0 Å². The summed E-state index contributed by atoms with van der Waals surface area (Å²) in [5, 5.41) is 0. The van der Waals surface area contributed by atoms with E-state index in [9.17, 15) is 23.6 Å². The van der Waals surface area contributed by atoms with Gasteiger partial charge in [0, 0.05) is 17.9 Å². The molecule has 0 bridgehead atoms. The van der Waals surface area contributed by atoms with Crippen molar-refractivity contribution in [2.24, 2.45) is 11.8 Å². The normalized spacial score (nSPS) is 10.7. The lowest BCUT2D eigenvalue weighted by Gasteiger charge is -2.16. The smallest absolute Gasteiger partial charge is 0.163 e. The summed E-state index contributed by atoms with van der Waals surface area (Å²) in [6, 6.07) is 4.03. The average Bonchev–Trinajstić information content (AvgIpc) is 2.55. The Labute approximate surface area is 162 Å². The molecular weight excluding hydrogens is 347 g/mol. The van der Waals surface area contributed by atoms with Gasteiger partial charge in [0.25, 0.3) is 0 Å². The fraction of sp³-hybridized carbons (Fsp3) is 0.545. The van der Waals surface area contributed by atoms with Crippen molar-refractivity contribution >= 4 is 23.1 Å². The number of halogens is 1. The molecule has 1 atom stereocenters. The molecule has 5 heteroatoms. The van der Waals surface area contributed by atoms with Gasteiger partial charge in [0.1, 0.15) is 17.4 Å². The summed E-state index contributed by atoms with van der Waals surface area (Å²) >= 11 is 0. The monoisotopic (exact) mass is 380 g/mol. The molecule has 0 radical (unpaired) electrons. The third-order valence-electron chi connectivity index (χ3n) is 3.88. The van der Waals surface area contributed by atoms with Crippen molar-refractivity contribution < 1.29 is 23.6 Å². The van der Waals surface area contributed by atoms with Gasteiger partial charge in [0.05, 0.1) is 5.56 Å². The van der Waals surface area contributed by atoms with E-state index in [-0.39, 0.29) is 34.4 Å². The summed E-state index contributed by atoms with van der Waals surface area (Å²) in [6.07, 6.45) is 1.24. The lowest BCUT2D eigenvalue weighted by atomic mass is 9.87. The molecule has 1 unspecified atom stereocenters. The lowest BCUT2D eigenvalue weighted by Crippen LogP contribution is -2.18. The third kappa shape index (κ3) is 10.5. The van der Waals surface area contributed by atoms with Crippen LogP contribution < -0.4 is 0 Å². The van der Waals surface area contributed by atoms with Crippen molar-refractivity contribution in [3.05, 3.63) is 35.1 Å². The molecule has 0 aliphatic carbocycles. The molecule has 0 aliphatic heterocycles. The Bertz CT molecular complexity index is 648. The van der Waals surface area contributed by atoms with Crippen LogP contribution in [-0.2, 0) is 9.59 Å². The van der Waals surface area contributed by atoms with Crippen LogP contribution in [0.15, 0.2) is 18.2 Å². The Morgan fingerprint density at radius 1 is 0.926 bits per heavy atom. The van der Waals surface area contributed by atoms with Gasteiger partial charge < -0.3 is 4.79 Å². The first kappa shape index (κ1) is 27.1. The number of benzene rings is 1. The van der Waals surface area contributed by atoms with Crippen LogP contribution in [0, 0.1) is 17.7 Å². The fourth-order valence-corrected chi connectivity index (χ4v) is 2.54. The second kappa shape index (κ2) is 14.0. The maximum Gasteiger partial charge on any atom is 0.163 e. The molecule has 4 nitrogen and oxygen atoms in total. The van der Waals surface area contributed by atoms with Gasteiger partial charge in [-0.3, -0.25) is 14.4 Å². The number of hydrogen-bond donors (Lipinski definition) is 0. The predicted octanol–water partition coefficient (Wildman–Crippen LogP) is 5.47. The summed E-state index contributed by atoms with van der Waals surface area (Å²) < 4.78 is 13.1. The minimum absolute atomic E-state index is 0.0638. The standard InChI is InChI=1S/C10H9FO2.C10H18O2.C2H6/c1-6(12)8-4-3-5-9(11)10(8)7(2)13;1-7(2)10(9(4)12)6-5-8(3)11;1-2/h3-5H,1-2H3;7,10H,5-6H2,1-4H3;1-2H3. The highest BCUT2D eigenvalue weighted by Gasteiger charge is 2.18. The van der Waals surface area contributed by atoms with Crippen molar-refractivity contribution in [2.45, 2.75) is 68.2 Å². The van der Waals surface area contributed by atoms with Gasteiger partial charge in [-0.2, -0.15) is 0 Å². The van der Waals surface area contributed by atoms with Crippen LogP contribution >= 0.6 is 0 Å². The second-order valence-corrected chi connectivity index (χ2v) is 6.48. The minimum atomic E-state index is -0.639. The third-order valence-corrected chi connectivity index (χ3v) is 3.88. The molecule has 1 aromatic rings. The maximum absolute atomic E-state index is 13.1. The SMILES string of the molecule is CC.CC(=O)CCC(C(C)=O)C(C)C.CC(=O)c1cccc(F)c1C(C)=O. The van der Waals surface area contributed by atoms with E-state index in [0.29, 0.717) is 18.8 Å². The molecule has 0 aliphatic rings. The molecule has 0 saturated carbocycles. The van der Waals surface area contributed by atoms with E-state index in [0.717, 1.165) is 0 Å². The summed E-state index contributed by atoms with van der Waals surface area (Å²) in [5.41, 5.74) is 0.0301. The average molecular weight is 381 g/mol. The summed E-state index contributed by atoms with van der Waals surface area (Å²) in [7, 11) is 0. The van der Waals surface area contributed by atoms with Crippen LogP contribution in [-0.4, -0.2) is 23.1 Å². The summed E-state index contributed by atoms with van der Waals surface area (Å²) in [6.45, 7) is 13.8. The molecule has 27 heavy (non-hydrogen) atoms. The first-order valence-electron chi connectivity index (χ1n) is 9.29. The summed E-state index contributed by atoms with van der Waals surface area (Å²) in [5.74, 6) is -0.586. The zero-order chi connectivity index (χ0) is 21.7. The molecule has 0 saturated heterocycles. The van der Waals surface area contributed by atoms with Gasteiger partial charge in [-0.1, -0.05) is 39.8 Å². The molecule has 0 fully saturated rings. The Balaban J connectivity index is 0. The largest absolute Gasteiger partial charge is 0.300 e. The van der Waals surface area contributed by atoms with Crippen LogP contribution in [0.3, 0.4) is 0 Å². The molecule has 1 rings (SSSR count). The maximum atomic E-state index is 13.1. The van der Waals surface area contributed by atoms with E-state index in [1.54, 1.807) is 13.8 Å². The van der Waals surface area contributed by atoms with Gasteiger partial charge in [0.15, 0.2) is 11.6 Å². The highest BCUT2D eigenvalue weighted by atomic mass is 19.1. The van der Waals surface area contributed by atoms with Crippen LogP contribution in [0.2, 0.25) is 0 Å². The van der Waals surface area contributed by atoms with Crippen molar-refractivity contribution in [1.82, 2.24) is 0 Å². The molecular formula is C22H33FO4. The molecule has 0 amide bonds. The Morgan fingerprint density at radius 2 is 1.44 bits per heavy atom. The molecule has 0 N–H and O–H groups in total. The zero-order valence-electron chi connectivity index (χ0n) is 17.8. The number of ketones is 4. The van der Waals surface area contributed by atoms with E-state index in [1.807, 2.05) is 27.7 Å². The van der Waals surface area contributed by atoms with Crippen LogP contribution in [0.1, 0.15) is 88.9 Å². The topological polar surface area (TPSA) is 68.3 Å². The summed E-state index contributed by atoms with van der Waals surface area (Å²) in [4.78, 5) is 43.8. The molecule has 152 valence electrons. The van der Waals surface area contributed by atoms with Gasteiger partial charge >= 0.3 is 0 Å². The Morgan fingerprint density at radius 3 is 1.74 bits per heavy atom. The van der Waals surface area contributed by atoms with Crippen LogP contribution in [0.5, 0.6) is 0 Å². The van der Waals surface area contributed by atoms with E-state index in [4.69, 9.17) is 0 Å². The number of rotatable bonds is 7. The van der Waals surface area contributed by atoms with Gasteiger partial charge in [-0.25, -0.2) is 4.39 Å². The quantitative estimate of drug-likeness (QED) is 0.588. The highest BCUT2D eigenvalue weighted by Crippen LogP contribution is 2.18. The number of Topliss-reactive ketones (excluding diaryl/α,β-unsaturated/α-hetero) is 4. The first-order chi connectivity index (χ1) is 12.5. The molecule has 0 heterocycles. The number of carbonyl (C=O) groups is 4. The second-order valence-electron chi connectivity index (χ2n) is 6.48. The fourth-order valence-electron chi connectivity index (χ4n) is 2.54. The minimum Gasteiger partial charge on any atom is -0.300 e. The molecule has 0 aromatic heterocycles. The van der Waals surface area contributed by atoms with Gasteiger partial charge in [0.2, 0.25) is 0 Å². The van der Waals surface area contributed by atoms with Gasteiger partial charge in [-0.05, 0) is 46.1 Å². The predicted molar refractivity (Wildman–Crippen MR) is 107 cm³/mol. The van der Waals surface area contributed by atoms with E-state index >= 15 is 0 Å². The number of hydrogen-bond acceptors (Lipinski definition) is 4. The Kier molecular flexibility index (Phi) is 14.0.